The van der Waals surface area contributed by atoms with Crippen molar-refractivity contribution in [2.75, 3.05) is 13.2 Å². The van der Waals surface area contributed by atoms with Gasteiger partial charge in [0.15, 0.2) is 0 Å². The first-order chi connectivity index (χ1) is 15.9. The molecule has 0 aliphatic carbocycles. The van der Waals surface area contributed by atoms with Crippen molar-refractivity contribution in [3.05, 3.63) is 80.7 Å². The topological polar surface area (TPSA) is 88.4 Å². The molecule has 3 atom stereocenters. The van der Waals surface area contributed by atoms with Crippen molar-refractivity contribution in [3.8, 4) is 5.88 Å². The van der Waals surface area contributed by atoms with Gasteiger partial charge in [-0.3, -0.25) is 4.79 Å². The Kier molecular flexibility index (Phi) is 7.34. The van der Waals surface area contributed by atoms with E-state index in [1.165, 1.54) is 12.4 Å². The van der Waals surface area contributed by atoms with E-state index in [9.17, 15) is 9.90 Å². The number of aliphatic hydroxyl groups is 1. The molecule has 2 aromatic heterocycles. The summed E-state index contributed by atoms with van der Waals surface area (Å²) in [5.41, 5.74) is 2.01. The molecule has 0 saturated carbocycles. The molecule has 1 amide bonds. The number of likely N-dealkylation sites (tertiary alicyclic amines) is 1. The molecule has 4 rings (SSSR count). The van der Waals surface area contributed by atoms with Crippen LogP contribution in [0.25, 0.3) is 0 Å². The second-order valence-electron chi connectivity index (χ2n) is 7.87. The molecule has 1 saturated heterocycles. The molecule has 0 bridgehead atoms. The van der Waals surface area contributed by atoms with E-state index in [4.69, 9.17) is 39.5 Å². The highest BCUT2D eigenvalue weighted by molar-refractivity contribution is 6.42. The van der Waals surface area contributed by atoms with Crippen molar-refractivity contribution in [1.82, 2.24) is 20.1 Å². The van der Waals surface area contributed by atoms with E-state index >= 15 is 0 Å². The number of aryl methyl sites for hydroxylation is 1. The summed E-state index contributed by atoms with van der Waals surface area (Å²) < 4.78 is 5.98. The lowest BCUT2D eigenvalue weighted by Gasteiger charge is -2.30. The van der Waals surface area contributed by atoms with Gasteiger partial charge in [0.25, 0.3) is 5.91 Å². The summed E-state index contributed by atoms with van der Waals surface area (Å²) >= 11 is 18.2. The van der Waals surface area contributed by atoms with Gasteiger partial charge in [0, 0.05) is 24.7 Å². The largest absolute Gasteiger partial charge is 0.470 e. The SMILES string of the molecule is Cc1cc(C(=O)N2CC(c3ccc(Cl)c(Cl)c3)CC2C(CO)Oc2ccc(Cl)cn2)cnn1. The maximum absolute atomic E-state index is 13.5. The molecule has 0 radical (unpaired) electrons. The van der Waals surface area contributed by atoms with Crippen LogP contribution in [-0.4, -0.2) is 56.4 Å². The van der Waals surface area contributed by atoms with Crippen LogP contribution in [0.1, 0.15) is 34.0 Å². The molecule has 33 heavy (non-hydrogen) atoms. The van der Waals surface area contributed by atoms with E-state index in [1.54, 1.807) is 36.1 Å². The van der Waals surface area contributed by atoms with Gasteiger partial charge in [-0.15, -0.1) is 0 Å². The maximum atomic E-state index is 13.5. The quantitative estimate of drug-likeness (QED) is 0.525. The van der Waals surface area contributed by atoms with Crippen LogP contribution >= 0.6 is 34.8 Å². The molecule has 172 valence electrons. The number of rotatable bonds is 6. The average Bonchev–Trinajstić information content (AvgIpc) is 3.25. The van der Waals surface area contributed by atoms with Crippen LogP contribution in [0.15, 0.2) is 48.8 Å². The van der Waals surface area contributed by atoms with Crippen molar-refractivity contribution in [2.45, 2.75) is 31.4 Å². The smallest absolute Gasteiger partial charge is 0.255 e. The van der Waals surface area contributed by atoms with Gasteiger partial charge in [-0.05, 0) is 43.2 Å². The summed E-state index contributed by atoms with van der Waals surface area (Å²) in [6.45, 7) is 1.88. The van der Waals surface area contributed by atoms with Gasteiger partial charge in [0.2, 0.25) is 5.88 Å². The second kappa shape index (κ2) is 10.2. The number of aromatic nitrogens is 3. The molecule has 1 aliphatic rings. The molecular weight excluding hydrogens is 487 g/mol. The predicted molar refractivity (Wildman–Crippen MR) is 126 cm³/mol. The first-order valence-electron chi connectivity index (χ1n) is 10.3. The lowest BCUT2D eigenvalue weighted by Crippen LogP contribution is -2.47. The molecule has 3 aromatic rings. The third-order valence-electron chi connectivity index (χ3n) is 5.62. The van der Waals surface area contributed by atoms with Crippen LogP contribution in [0.4, 0.5) is 0 Å². The molecule has 1 aromatic carbocycles. The highest BCUT2D eigenvalue weighted by Crippen LogP contribution is 2.37. The summed E-state index contributed by atoms with van der Waals surface area (Å²) in [7, 11) is 0. The van der Waals surface area contributed by atoms with Crippen molar-refractivity contribution in [2.24, 2.45) is 0 Å². The standard InChI is InChI=1S/C23H21Cl3N4O3/c1-13-6-15(9-28-29-13)23(32)30-11-16(14-2-4-18(25)19(26)7-14)8-20(30)21(12-31)33-22-5-3-17(24)10-27-22/h2-7,9-10,16,20-21,31H,8,11-12H2,1H3. The molecule has 1 N–H and O–H groups in total. The van der Waals surface area contributed by atoms with Gasteiger partial charge in [-0.2, -0.15) is 10.2 Å². The Morgan fingerprint density at radius 2 is 2.00 bits per heavy atom. The Morgan fingerprint density at radius 1 is 1.18 bits per heavy atom. The fourth-order valence-corrected chi connectivity index (χ4v) is 4.46. The number of pyridine rings is 1. The average molecular weight is 508 g/mol. The Hall–Kier alpha value is -2.45. The summed E-state index contributed by atoms with van der Waals surface area (Å²) in [6, 6.07) is 10.00. The van der Waals surface area contributed by atoms with Gasteiger partial charge < -0.3 is 14.7 Å². The first kappa shape index (κ1) is 23.7. The number of benzene rings is 1. The van der Waals surface area contributed by atoms with E-state index in [0.717, 1.165) is 5.56 Å². The number of amides is 1. The van der Waals surface area contributed by atoms with Gasteiger partial charge >= 0.3 is 0 Å². The number of ether oxygens (including phenoxy) is 1. The van der Waals surface area contributed by atoms with Crippen LogP contribution in [0, 0.1) is 6.92 Å². The predicted octanol–water partition coefficient (Wildman–Crippen LogP) is 4.58. The summed E-state index contributed by atoms with van der Waals surface area (Å²) in [5, 5.41) is 19.4. The first-order valence-corrected chi connectivity index (χ1v) is 11.4. The zero-order valence-electron chi connectivity index (χ0n) is 17.7. The number of nitrogens with zero attached hydrogens (tertiary/aromatic N) is 4. The Morgan fingerprint density at radius 3 is 2.67 bits per heavy atom. The maximum Gasteiger partial charge on any atom is 0.255 e. The Labute approximate surface area is 206 Å². The molecule has 0 spiro atoms. The van der Waals surface area contributed by atoms with Crippen molar-refractivity contribution >= 4 is 40.7 Å². The zero-order chi connectivity index (χ0) is 23.5. The number of aliphatic hydroxyl groups excluding tert-OH is 1. The lowest BCUT2D eigenvalue weighted by atomic mass is 9.95. The van der Waals surface area contributed by atoms with Crippen molar-refractivity contribution < 1.29 is 14.6 Å². The van der Waals surface area contributed by atoms with E-state index < -0.39 is 12.1 Å². The summed E-state index contributed by atoms with van der Waals surface area (Å²) in [6.07, 6.45) is 2.76. The molecule has 1 fully saturated rings. The fourth-order valence-electron chi connectivity index (χ4n) is 4.04. The van der Waals surface area contributed by atoms with Gasteiger partial charge in [0.1, 0.15) is 6.10 Å². The van der Waals surface area contributed by atoms with E-state index in [0.29, 0.717) is 45.2 Å². The minimum absolute atomic E-state index is 0.0274. The van der Waals surface area contributed by atoms with E-state index in [-0.39, 0.29) is 18.4 Å². The van der Waals surface area contributed by atoms with Crippen LogP contribution in [-0.2, 0) is 0 Å². The Balaban J connectivity index is 1.65. The van der Waals surface area contributed by atoms with E-state index in [2.05, 4.69) is 15.2 Å². The van der Waals surface area contributed by atoms with Crippen LogP contribution in [0.5, 0.6) is 5.88 Å². The van der Waals surface area contributed by atoms with Gasteiger partial charge in [-0.1, -0.05) is 40.9 Å². The second-order valence-corrected chi connectivity index (χ2v) is 9.12. The third-order valence-corrected chi connectivity index (χ3v) is 6.59. The lowest BCUT2D eigenvalue weighted by molar-refractivity contribution is 0.0346. The molecule has 7 nitrogen and oxygen atoms in total. The minimum atomic E-state index is -0.703. The molecule has 3 unspecified atom stereocenters. The van der Waals surface area contributed by atoms with Gasteiger partial charge in [0.05, 0.1) is 45.2 Å². The van der Waals surface area contributed by atoms with Crippen LogP contribution in [0.2, 0.25) is 15.1 Å². The zero-order valence-corrected chi connectivity index (χ0v) is 19.9. The molecular formula is C23H21Cl3N4O3. The third kappa shape index (κ3) is 5.38. The van der Waals surface area contributed by atoms with Gasteiger partial charge in [-0.25, -0.2) is 4.98 Å². The minimum Gasteiger partial charge on any atom is -0.470 e. The number of hydrogen-bond donors (Lipinski definition) is 1. The summed E-state index contributed by atoms with van der Waals surface area (Å²) in [4.78, 5) is 19.3. The van der Waals surface area contributed by atoms with Crippen molar-refractivity contribution in [1.29, 1.82) is 0 Å². The number of halogens is 3. The number of carbonyl (C=O) groups is 1. The molecule has 1 aliphatic heterocycles. The highest BCUT2D eigenvalue weighted by atomic mass is 35.5. The molecule has 3 heterocycles. The Bertz CT molecular complexity index is 1150. The van der Waals surface area contributed by atoms with E-state index in [1.807, 2.05) is 12.1 Å². The highest BCUT2D eigenvalue weighted by Gasteiger charge is 2.42. The number of hydrogen-bond acceptors (Lipinski definition) is 6. The summed E-state index contributed by atoms with van der Waals surface area (Å²) in [5.74, 6) is 0.0670. The molecule has 10 heteroatoms. The normalized spacial score (nSPS) is 18.9. The van der Waals surface area contributed by atoms with Crippen molar-refractivity contribution in [3.63, 3.8) is 0 Å². The van der Waals surface area contributed by atoms with Crippen LogP contribution in [0.3, 0.4) is 0 Å². The number of carbonyl (C=O) groups excluding carboxylic acids is 1. The van der Waals surface area contributed by atoms with Crippen LogP contribution < -0.4 is 4.74 Å². The monoisotopic (exact) mass is 506 g/mol. The fraction of sp³-hybridized carbons (Fsp3) is 0.304.